The molecule has 6 heterocycles. The third-order valence-electron chi connectivity index (χ3n) is 8.23. The second-order valence-electron chi connectivity index (χ2n) is 11.0. The second-order valence-corrected chi connectivity index (χ2v) is 13.2. The first-order chi connectivity index (χ1) is 18.8. The van der Waals surface area contributed by atoms with Crippen molar-refractivity contribution in [3.63, 3.8) is 0 Å². The number of hydrogen-bond donors (Lipinski definition) is 1. The molecule has 39 heavy (non-hydrogen) atoms. The molecule has 2 aromatic heterocycles. The van der Waals surface area contributed by atoms with Crippen LogP contribution in [0.3, 0.4) is 0 Å². The van der Waals surface area contributed by atoms with Crippen LogP contribution in [0, 0.1) is 18.2 Å². The van der Waals surface area contributed by atoms with E-state index in [0.717, 1.165) is 51.8 Å². The number of aromatic nitrogens is 3. The number of halogens is 1. The summed E-state index contributed by atoms with van der Waals surface area (Å²) in [6.45, 7) is 3.62. The van der Waals surface area contributed by atoms with Crippen molar-refractivity contribution in [3.8, 4) is 11.4 Å². The SMILES string of the molecule is Cc1cn(-c2ccc(/C=C3\CC4(CCS(=O)(=O)C4)CN4C3=NNCC4c3ccc(F)cn3)c3c2OCC3)cn1. The first-order valence-corrected chi connectivity index (χ1v) is 15.0. The summed E-state index contributed by atoms with van der Waals surface area (Å²) in [6, 6.07) is 7.05. The highest BCUT2D eigenvalue weighted by molar-refractivity contribution is 7.91. The van der Waals surface area contributed by atoms with Crippen LogP contribution in [0.4, 0.5) is 4.39 Å². The number of sulfone groups is 1. The maximum atomic E-state index is 13.7. The van der Waals surface area contributed by atoms with Gasteiger partial charge in [-0.05, 0) is 55.2 Å². The maximum Gasteiger partial charge on any atom is 0.152 e. The van der Waals surface area contributed by atoms with Gasteiger partial charge in [0.1, 0.15) is 11.6 Å². The van der Waals surface area contributed by atoms with Crippen molar-refractivity contribution in [2.75, 3.05) is 31.2 Å². The molecule has 11 heteroatoms. The van der Waals surface area contributed by atoms with Crippen LogP contribution in [0.15, 0.2) is 53.7 Å². The summed E-state index contributed by atoms with van der Waals surface area (Å²) >= 11 is 0. The topological polar surface area (TPSA) is 102 Å². The number of pyridine rings is 1. The first-order valence-electron chi connectivity index (χ1n) is 13.2. The molecule has 2 saturated heterocycles. The summed E-state index contributed by atoms with van der Waals surface area (Å²) in [5, 5.41) is 4.70. The molecule has 1 spiro atoms. The van der Waals surface area contributed by atoms with Gasteiger partial charge in [-0.3, -0.25) is 4.98 Å². The standard InChI is InChI=1S/C28H29FN6O3S/c1-18-14-34(17-31-18)24-5-2-19(22-6-8-38-26(22)24)10-20-11-28(7-9-39(36,37)16-28)15-35-25(13-32-33-27(20)35)23-4-3-21(29)12-30-23/h2-5,10,12,14,17,25,32H,6-9,11,13,15-16H2,1H3/b20-10+. The number of amidine groups is 1. The molecule has 2 atom stereocenters. The van der Waals surface area contributed by atoms with Crippen LogP contribution in [0.25, 0.3) is 11.8 Å². The van der Waals surface area contributed by atoms with Gasteiger partial charge in [0.05, 0.1) is 60.3 Å². The van der Waals surface area contributed by atoms with E-state index in [0.29, 0.717) is 32.5 Å². The lowest BCUT2D eigenvalue weighted by molar-refractivity contribution is 0.162. The molecule has 202 valence electrons. The highest BCUT2D eigenvalue weighted by atomic mass is 32.2. The van der Waals surface area contributed by atoms with Gasteiger partial charge >= 0.3 is 0 Å². The Morgan fingerprint density at radius 3 is 2.87 bits per heavy atom. The van der Waals surface area contributed by atoms with Gasteiger partial charge in [0.2, 0.25) is 0 Å². The predicted octanol–water partition coefficient (Wildman–Crippen LogP) is 3.20. The number of nitrogens with zero attached hydrogens (tertiary/aromatic N) is 5. The zero-order valence-corrected chi connectivity index (χ0v) is 22.4. The number of benzene rings is 1. The summed E-state index contributed by atoms with van der Waals surface area (Å²) in [5.41, 5.74) is 8.51. The number of nitrogens with one attached hydrogen (secondary N) is 1. The number of hydrogen-bond acceptors (Lipinski definition) is 8. The highest BCUT2D eigenvalue weighted by Crippen LogP contribution is 2.46. The Morgan fingerprint density at radius 1 is 1.23 bits per heavy atom. The van der Waals surface area contributed by atoms with E-state index in [-0.39, 0.29) is 23.4 Å². The third-order valence-corrected chi connectivity index (χ3v) is 10.1. The molecule has 0 radical (unpaired) electrons. The molecule has 3 aromatic rings. The number of rotatable bonds is 3. The molecule has 1 N–H and O–H groups in total. The number of ether oxygens (including phenoxy) is 1. The Morgan fingerprint density at radius 2 is 2.13 bits per heavy atom. The molecule has 4 aliphatic heterocycles. The van der Waals surface area contributed by atoms with Gasteiger partial charge in [-0.1, -0.05) is 6.07 Å². The number of piperidine rings is 1. The molecule has 4 aliphatic rings. The Labute approximate surface area is 226 Å². The van der Waals surface area contributed by atoms with E-state index in [9.17, 15) is 12.8 Å². The monoisotopic (exact) mass is 548 g/mol. The summed E-state index contributed by atoms with van der Waals surface area (Å²) in [4.78, 5) is 10.9. The van der Waals surface area contributed by atoms with E-state index < -0.39 is 15.3 Å². The molecule has 2 unspecified atom stereocenters. The zero-order valence-electron chi connectivity index (χ0n) is 21.6. The number of aryl methyl sites for hydroxylation is 1. The van der Waals surface area contributed by atoms with Crippen LogP contribution in [-0.2, 0) is 16.3 Å². The van der Waals surface area contributed by atoms with Crippen LogP contribution >= 0.6 is 0 Å². The summed E-state index contributed by atoms with van der Waals surface area (Å²) in [5.74, 6) is 1.59. The fourth-order valence-corrected chi connectivity index (χ4v) is 8.62. The molecular weight excluding hydrogens is 519 g/mol. The lowest BCUT2D eigenvalue weighted by Crippen LogP contribution is -2.54. The molecule has 7 rings (SSSR count). The Balaban J connectivity index is 1.32. The summed E-state index contributed by atoms with van der Waals surface area (Å²) in [6.07, 6.45) is 9.15. The maximum absolute atomic E-state index is 13.7. The van der Waals surface area contributed by atoms with Gasteiger partial charge in [-0.2, -0.15) is 5.10 Å². The first kappa shape index (κ1) is 24.3. The molecule has 0 bridgehead atoms. The van der Waals surface area contributed by atoms with Crippen molar-refractivity contribution >= 4 is 21.7 Å². The number of hydrazone groups is 1. The van der Waals surface area contributed by atoms with Gasteiger partial charge in [-0.15, -0.1) is 0 Å². The Hall–Kier alpha value is -3.73. The van der Waals surface area contributed by atoms with E-state index in [2.05, 4.69) is 32.4 Å². The largest absolute Gasteiger partial charge is 0.491 e. The van der Waals surface area contributed by atoms with Crippen molar-refractivity contribution in [1.29, 1.82) is 0 Å². The number of fused-ring (bicyclic) bond motifs is 2. The zero-order chi connectivity index (χ0) is 26.8. The molecular formula is C28H29FN6O3S. The minimum Gasteiger partial charge on any atom is -0.491 e. The highest BCUT2D eigenvalue weighted by Gasteiger charge is 2.50. The average molecular weight is 549 g/mol. The van der Waals surface area contributed by atoms with Gasteiger partial charge in [-0.25, -0.2) is 17.8 Å². The summed E-state index contributed by atoms with van der Waals surface area (Å²) < 4.78 is 47.1. The molecule has 9 nitrogen and oxygen atoms in total. The lowest BCUT2D eigenvalue weighted by atomic mass is 9.75. The van der Waals surface area contributed by atoms with Gasteiger partial charge < -0.3 is 19.6 Å². The average Bonchev–Trinajstić information content (AvgIpc) is 3.64. The predicted molar refractivity (Wildman–Crippen MR) is 145 cm³/mol. The minimum absolute atomic E-state index is 0.151. The minimum atomic E-state index is -3.12. The van der Waals surface area contributed by atoms with Crippen LogP contribution in [0.5, 0.6) is 5.75 Å². The Bertz CT molecular complexity index is 1630. The fourth-order valence-electron chi connectivity index (χ4n) is 6.47. The normalized spacial score (nSPS) is 26.2. The van der Waals surface area contributed by atoms with Crippen molar-refractivity contribution in [3.05, 3.63) is 76.9 Å². The molecule has 0 saturated carbocycles. The van der Waals surface area contributed by atoms with Crippen LogP contribution in [-0.4, -0.2) is 64.9 Å². The van der Waals surface area contributed by atoms with Crippen molar-refractivity contribution in [2.45, 2.75) is 32.2 Å². The molecule has 2 fully saturated rings. The number of imidazole rings is 1. The lowest BCUT2D eigenvalue weighted by Gasteiger charge is -2.47. The smallest absolute Gasteiger partial charge is 0.152 e. The van der Waals surface area contributed by atoms with Crippen LogP contribution in [0.1, 0.15) is 41.4 Å². The second kappa shape index (κ2) is 8.90. The molecule has 1 aromatic carbocycles. The molecule has 0 amide bonds. The van der Waals surface area contributed by atoms with Crippen molar-refractivity contribution in [2.24, 2.45) is 10.5 Å². The Kier molecular flexibility index (Phi) is 5.55. The summed E-state index contributed by atoms with van der Waals surface area (Å²) in [7, 11) is -3.12. The van der Waals surface area contributed by atoms with Gasteiger partial charge in [0.15, 0.2) is 15.7 Å². The fraction of sp³-hybridized carbons (Fsp3) is 0.393. The van der Waals surface area contributed by atoms with Crippen molar-refractivity contribution in [1.82, 2.24) is 24.9 Å². The quantitative estimate of drug-likeness (QED) is 0.536. The van der Waals surface area contributed by atoms with Crippen LogP contribution < -0.4 is 10.2 Å². The van der Waals surface area contributed by atoms with Gasteiger partial charge in [0.25, 0.3) is 0 Å². The van der Waals surface area contributed by atoms with Crippen molar-refractivity contribution < 1.29 is 17.5 Å². The van der Waals surface area contributed by atoms with Crippen LogP contribution in [0.2, 0.25) is 0 Å². The van der Waals surface area contributed by atoms with E-state index in [1.54, 1.807) is 12.4 Å². The van der Waals surface area contributed by atoms with Gasteiger partial charge in [0, 0.05) is 30.1 Å². The van der Waals surface area contributed by atoms with E-state index in [4.69, 9.17) is 9.84 Å². The molecule has 0 aliphatic carbocycles. The van der Waals surface area contributed by atoms with E-state index >= 15 is 0 Å². The van der Waals surface area contributed by atoms with E-state index in [1.165, 1.54) is 12.3 Å². The third kappa shape index (κ3) is 4.28. The van der Waals surface area contributed by atoms with E-state index in [1.807, 2.05) is 23.8 Å².